The van der Waals surface area contributed by atoms with Crippen LogP contribution in [0, 0.1) is 0 Å². The van der Waals surface area contributed by atoms with E-state index in [1.54, 1.807) is 0 Å². The summed E-state index contributed by atoms with van der Waals surface area (Å²) in [5.74, 6) is 1.46. The van der Waals surface area contributed by atoms with Crippen molar-refractivity contribution < 1.29 is 14.3 Å². The van der Waals surface area contributed by atoms with Crippen molar-refractivity contribution in [2.45, 2.75) is 25.5 Å². The van der Waals surface area contributed by atoms with E-state index >= 15 is 0 Å². The average molecular weight is 297 g/mol. The summed E-state index contributed by atoms with van der Waals surface area (Å²) in [6, 6.07) is 17.1. The molecule has 2 atom stereocenters. The van der Waals surface area contributed by atoms with Crippen molar-refractivity contribution in [3.05, 3.63) is 60.2 Å². The highest BCUT2D eigenvalue weighted by Crippen LogP contribution is 2.31. The predicted molar refractivity (Wildman–Crippen MR) is 84.1 cm³/mol. The highest BCUT2D eigenvalue weighted by atomic mass is 16.6. The van der Waals surface area contributed by atoms with E-state index in [1.807, 2.05) is 61.5 Å². The summed E-state index contributed by atoms with van der Waals surface area (Å²) in [6.07, 6.45) is 0.185. The van der Waals surface area contributed by atoms with Crippen molar-refractivity contribution >= 4 is 5.91 Å². The molecule has 2 aromatic rings. The van der Waals surface area contributed by atoms with Crippen molar-refractivity contribution in [3.63, 3.8) is 0 Å². The summed E-state index contributed by atoms with van der Waals surface area (Å²) in [6.45, 7) is 2.37. The Labute approximate surface area is 130 Å². The number of hydrogen-bond acceptors (Lipinski definition) is 3. The first-order valence-corrected chi connectivity index (χ1v) is 7.44. The van der Waals surface area contributed by atoms with Crippen LogP contribution in [0.15, 0.2) is 54.6 Å². The molecule has 0 radical (unpaired) electrons. The molecule has 1 aliphatic rings. The van der Waals surface area contributed by atoms with Crippen LogP contribution in [0.5, 0.6) is 11.5 Å². The number of para-hydroxylation sites is 2. The molecular weight excluding hydrogens is 278 g/mol. The minimum atomic E-state index is -0.186. The number of carbonyl (C=O) groups excluding carboxylic acids is 1. The highest BCUT2D eigenvalue weighted by Gasteiger charge is 2.26. The summed E-state index contributed by atoms with van der Waals surface area (Å²) in [4.78, 5) is 12.1. The van der Waals surface area contributed by atoms with Crippen molar-refractivity contribution in [2.75, 3.05) is 6.61 Å². The number of ether oxygens (including phenoxy) is 2. The average Bonchev–Trinajstić information content (AvgIpc) is 2.55. The summed E-state index contributed by atoms with van der Waals surface area (Å²) in [5.41, 5.74) is 0.998. The molecule has 1 heterocycles. The van der Waals surface area contributed by atoms with Gasteiger partial charge in [0.05, 0.1) is 12.5 Å². The Morgan fingerprint density at radius 2 is 1.82 bits per heavy atom. The van der Waals surface area contributed by atoms with Gasteiger partial charge in [-0.05, 0) is 24.6 Å². The zero-order valence-electron chi connectivity index (χ0n) is 12.5. The van der Waals surface area contributed by atoms with Crippen LogP contribution in [0.25, 0.3) is 0 Å². The number of hydrogen-bond donors (Lipinski definition) is 1. The van der Waals surface area contributed by atoms with Gasteiger partial charge < -0.3 is 14.8 Å². The second-order valence-corrected chi connectivity index (χ2v) is 5.43. The minimum absolute atomic E-state index is 0.0128. The van der Waals surface area contributed by atoms with Gasteiger partial charge >= 0.3 is 0 Å². The molecule has 2 unspecified atom stereocenters. The number of amides is 1. The topological polar surface area (TPSA) is 47.6 Å². The van der Waals surface area contributed by atoms with Gasteiger partial charge in [0.2, 0.25) is 5.91 Å². The van der Waals surface area contributed by atoms with Crippen LogP contribution < -0.4 is 14.8 Å². The Kier molecular flexibility index (Phi) is 4.28. The van der Waals surface area contributed by atoms with E-state index in [0.717, 1.165) is 17.1 Å². The second-order valence-electron chi connectivity index (χ2n) is 5.43. The van der Waals surface area contributed by atoms with Crippen LogP contribution in [-0.2, 0) is 11.2 Å². The van der Waals surface area contributed by atoms with E-state index < -0.39 is 0 Å². The van der Waals surface area contributed by atoms with Crippen LogP contribution in [0.2, 0.25) is 0 Å². The molecule has 22 heavy (non-hydrogen) atoms. The largest absolute Gasteiger partial charge is 0.486 e. The molecule has 0 saturated heterocycles. The summed E-state index contributed by atoms with van der Waals surface area (Å²) < 4.78 is 11.6. The molecule has 0 spiro atoms. The SMILES string of the molecule is CC(NC(=O)Cc1ccccc1)C1COc2ccccc2O1. The van der Waals surface area contributed by atoms with Gasteiger partial charge in [0.15, 0.2) is 17.6 Å². The summed E-state index contributed by atoms with van der Waals surface area (Å²) in [5, 5.41) is 2.98. The number of rotatable bonds is 4. The van der Waals surface area contributed by atoms with Gasteiger partial charge in [-0.25, -0.2) is 0 Å². The Bertz CT molecular complexity index is 642. The van der Waals surface area contributed by atoms with E-state index in [9.17, 15) is 4.79 Å². The standard InChI is InChI=1S/C18H19NO3/c1-13(19-18(20)11-14-7-3-2-4-8-14)17-12-21-15-9-5-6-10-16(15)22-17/h2-10,13,17H,11-12H2,1H3,(H,19,20). The highest BCUT2D eigenvalue weighted by molar-refractivity contribution is 5.78. The van der Waals surface area contributed by atoms with Crippen LogP contribution in [0.3, 0.4) is 0 Å². The van der Waals surface area contributed by atoms with Crippen molar-refractivity contribution in [2.24, 2.45) is 0 Å². The zero-order chi connectivity index (χ0) is 15.4. The van der Waals surface area contributed by atoms with Gasteiger partial charge in [-0.3, -0.25) is 4.79 Å². The summed E-state index contributed by atoms with van der Waals surface area (Å²) >= 11 is 0. The van der Waals surface area contributed by atoms with Crippen LogP contribution in [-0.4, -0.2) is 24.7 Å². The first-order valence-electron chi connectivity index (χ1n) is 7.44. The zero-order valence-corrected chi connectivity index (χ0v) is 12.5. The fourth-order valence-corrected chi connectivity index (χ4v) is 2.46. The fourth-order valence-electron chi connectivity index (χ4n) is 2.46. The Morgan fingerprint density at radius 3 is 2.59 bits per heavy atom. The molecule has 3 rings (SSSR count). The molecule has 1 N–H and O–H groups in total. The van der Waals surface area contributed by atoms with Gasteiger partial charge in [-0.15, -0.1) is 0 Å². The van der Waals surface area contributed by atoms with E-state index in [4.69, 9.17) is 9.47 Å². The lowest BCUT2D eigenvalue weighted by atomic mass is 10.1. The third-order valence-corrected chi connectivity index (χ3v) is 3.68. The third-order valence-electron chi connectivity index (χ3n) is 3.68. The number of fused-ring (bicyclic) bond motifs is 1. The van der Waals surface area contributed by atoms with E-state index in [0.29, 0.717) is 13.0 Å². The molecule has 0 aliphatic carbocycles. The van der Waals surface area contributed by atoms with Crippen molar-refractivity contribution in [1.29, 1.82) is 0 Å². The van der Waals surface area contributed by atoms with E-state index in [-0.39, 0.29) is 18.1 Å². The monoisotopic (exact) mass is 297 g/mol. The maximum atomic E-state index is 12.1. The Hall–Kier alpha value is -2.49. The Balaban J connectivity index is 1.56. The molecular formula is C18H19NO3. The molecule has 0 fully saturated rings. The predicted octanol–water partition coefficient (Wildman–Crippen LogP) is 2.57. The quantitative estimate of drug-likeness (QED) is 0.943. The number of carbonyl (C=O) groups is 1. The molecule has 4 nitrogen and oxygen atoms in total. The number of benzene rings is 2. The van der Waals surface area contributed by atoms with E-state index in [2.05, 4.69) is 5.32 Å². The fraction of sp³-hybridized carbons (Fsp3) is 0.278. The van der Waals surface area contributed by atoms with Gasteiger partial charge in [0.1, 0.15) is 6.61 Å². The maximum absolute atomic E-state index is 12.1. The molecule has 114 valence electrons. The first-order chi connectivity index (χ1) is 10.7. The molecule has 2 aromatic carbocycles. The molecule has 1 amide bonds. The van der Waals surface area contributed by atoms with Gasteiger partial charge in [-0.1, -0.05) is 42.5 Å². The lowest BCUT2D eigenvalue weighted by Gasteiger charge is -2.30. The second kappa shape index (κ2) is 6.52. The van der Waals surface area contributed by atoms with Crippen LogP contribution in [0.1, 0.15) is 12.5 Å². The van der Waals surface area contributed by atoms with Crippen LogP contribution >= 0.6 is 0 Å². The molecule has 4 heteroatoms. The van der Waals surface area contributed by atoms with E-state index in [1.165, 1.54) is 0 Å². The lowest BCUT2D eigenvalue weighted by molar-refractivity contribution is -0.121. The normalized spacial score (nSPS) is 17.6. The van der Waals surface area contributed by atoms with Gasteiger partial charge in [0, 0.05) is 0 Å². The van der Waals surface area contributed by atoms with Gasteiger partial charge in [-0.2, -0.15) is 0 Å². The van der Waals surface area contributed by atoms with Crippen LogP contribution in [0.4, 0.5) is 0 Å². The third kappa shape index (κ3) is 3.39. The minimum Gasteiger partial charge on any atom is -0.486 e. The number of nitrogens with one attached hydrogen (secondary N) is 1. The molecule has 0 aromatic heterocycles. The molecule has 0 saturated carbocycles. The lowest BCUT2D eigenvalue weighted by Crippen LogP contribution is -2.48. The summed E-state index contributed by atoms with van der Waals surface area (Å²) in [7, 11) is 0. The first kappa shape index (κ1) is 14.4. The molecule has 1 aliphatic heterocycles. The van der Waals surface area contributed by atoms with Gasteiger partial charge in [0.25, 0.3) is 0 Å². The van der Waals surface area contributed by atoms with Crippen molar-refractivity contribution in [3.8, 4) is 11.5 Å². The molecule has 0 bridgehead atoms. The Morgan fingerprint density at radius 1 is 1.14 bits per heavy atom. The smallest absolute Gasteiger partial charge is 0.224 e. The van der Waals surface area contributed by atoms with Crippen molar-refractivity contribution in [1.82, 2.24) is 5.32 Å². The maximum Gasteiger partial charge on any atom is 0.224 e.